The van der Waals surface area contributed by atoms with E-state index >= 15 is 0 Å². The molecule has 0 atom stereocenters. The van der Waals surface area contributed by atoms with Crippen LogP contribution in [-0.4, -0.2) is 28.7 Å². The van der Waals surface area contributed by atoms with E-state index in [1.807, 2.05) is 0 Å². The number of urea groups is 1. The first-order chi connectivity index (χ1) is 10.1. The van der Waals surface area contributed by atoms with Crippen molar-refractivity contribution in [2.45, 2.75) is 75.8 Å². The molecule has 4 rings (SSSR count). The third-order valence-corrected chi connectivity index (χ3v) is 5.88. The maximum absolute atomic E-state index is 12.2. The molecule has 0 unspecified atom stereocenters. The number of hydrogen-bond donors (Lipinski definition) is 3. The Kier molecular flexibility index (Phi) is 4.09. The molecular weight excluding hydrogens is 268 g/mol. The van der Waals surface area contributed by atoms with Crippen molar-refractivity contribution in [2.75, 3.05) is 0 Å². The summed E-state index contributed by atoms with van der Waals surface area (Å²) in [5.41, 5.74) is 0.0388. The van der Waals surface area contributed by atoms with Crippen LogP contribution in [0.2, 0.25) is 0 Å². The topological polar surface area (TPSA) is 78.4 Å². The molecule has 5 nitrogen and oxygen atoms in total. The van der Waals surface area contributed by atoms with E-state index in [0.717, 1.165) is 38.0 Å². The van der Waals surface area contributed by atoms with Gasteiger partial charge in [0.05, 0.1) is 5.92 Å². The minimum absolute atomic E-state index is 0.0388. The zero-order valence-electron chi connectivity index (χ0n) is 12.6. The zero-order valence-corrected chi connectivity index (χ0v) is 12.6. The average molecular weight is 294 g/mol. The summed E-state index contributed by atoms with van der Waals surface area (Å²) in [6.07, 6.45) is 10.0. The van der Waals surface area contributed by atoms with Crippen molar-refractivity contribution in [3.05, 3.63) is 0 Å². The maximum Gasteiger partial charge on any atom is 0.315 e. The molecule has 4 fully saturated rings. The van der Waals surface area contributed by atoms with Crippen LogP contribution in [0, 0.1) is 11.8 Å². The summed E-state index contributed by atoms with van der Waals surface area (Å²) < 4.78 is 0. The van der Waals surface area contributed by atoms with Gasteiger partial charge in [-0.1, -0.05) is 0 Å². The molecule has 2 amide bonds. The second-order valence-electron chi connectivity index (χ2n) is 7.25. The third-order valence-electron chi connectivity index (χ3n) is 5.88. The summed E-state index contributed by atoms with van der Waals surface area (Å²) in [5, 5.41) is 15.3. The van der Waals surface area contributed by atoms with Gasteiger partial charge >= 0.3 is 12.0 Å². The molecule has 2 bridgehead atoms. The molecule has 0 aromatic carbocycles. The van der Waals surface area contributed by atoms with Gasteiger partial charge in [0.15, 0.2) is 0 Å². The van der Waals surface area contributed by atoms with Gasteiger partial charge in [0, 0.05) is 11.6 Å². The normalized spacial score (nSPS) is 38.8. The van der Waals surface area contributed by atoms with Crippen molar-refractivity contribution in [1.82, 2.24) is 10.6 Å². The van der Waals surface area contributed by atoms with E-state index in [4.69, 9.17) is 5.11 Å². The Bertz CT molecular complexity index is 394. The lowest BCUT2D eigenvalue weighted by Gasteiger charge is -2.47. The molecule has 118 valence electrons. The number of hydrogen-bond acceptors (Lipinski definition) is 2. The molecule has 4 saturated carbocycles. The van der Waals surface area contributed by atoms with Gasteiger partial charge in [-0.05, 0) is 70.1 Å². The van der Waals surface area contributed by atoms with E-state index in [-0.39, 0.29) is 23.5 Å². The molecule has 4 aliphatic carbocycles. The van der Waals surface area contributed by atoms with E-state index in [0.29, 0.717) is 12.8 Å². The smallest absolute Gasteiger partial charge is 0.315 e. The zero-order chi connectivity index (χ0) is 14.9. The monoisotopic (exact) mass is 294 g/mol. The van der Waals surface area contributed by atoms with Crippen LogP contribution in [0.5, 0.6) is 0 Å². The fourth-order valence-electron chi connectivity index (χ4n) is 4.38. The van der Waals surface area contributed by atoms with Crippen molar-refractivity contribution in [3.63, 3.8) is 0 Å². The highest BCUT2D eigenvalue weighted by Crippen LogP contribution is 2.44. The number of carboxylic acid groups (broad SMARTS) is 1. The van der Waals surface area contributed by atoms with Gasteiger partial charge in [-0.25, -0.2) is 4.79 Å². The molecule has 0 saturated heterocycles. The molecule has 5 heteroatoms. The number of carboxylic acids is 1. The number of nitrogens with one attached hydrogen (secondary N) is 2. The number of fused-ring (bicyclic) bond motifs is 3. The standard InChI is InChI=1S/C16H26N2O3/c19-14(20)12-1-3-13(4-2-12)17-15(21)18-16-8-5-11(6-9-16)7-10-16/h11-13H,1-10H2,(H,19,20)(H2,17,18,21). The summed E-state index contributed by atoms with van der Waals surface area (Å²) in [5.74, 6) is -0.0304. The Labute approximate surface area is 125 Å². The fourth-order valence-corrected chi connectivity index (χ4v) is 4.38. The van der Waals surface area contributed by atoms with Crippen LogP contribution in [0.3, 0.4) is 0 Å². The van der Waals surface area contributed by atoms with Crippen LogP contribution in [0.1, 0.15) is 64.2 Å². The van der Waals surface area contributed by atoms with Crippen molar-refractivity contribution in [1.29, 1.82) is 0 Å². The van der Waals surface area contributed by atoms with Crippen LogP contribution >= 0.6 is 0 Å². The first-order valence-corrected chi connectivity index (χ1v) is 8.38. The predicted molar refractivity (Wildman–Crippen MR) is 79.0 cm³/mol. The fraction of sp³-hybridized carbons (Fsp3) is 0.875. The molecule has 0 aliphatic heterocycles. The lowest BCUT2D eigenvalue weighted by molar-refractivity contribution is -0.142. The lowest BCUT2D eigenvalue weighted by atomic mass is 9.66. The van der Waals surface area contributed by atoms with Crippen LogP contribution in [-0.2, 0) is 4.79 Å². The number of rotatable bonds is 3. The summed E-state index contributed by atoms with van der Waals surface area (Å²) >= 11 is 0. The summed E-state index contributed by atoms with van der Waals surface area (Å²) in [6.45, 7) is 0. The molecule has 0 heterocycles. The first kappa shape index (κ1) is 14.7. The van der Waals surface area contributed by atoms with Gasteiger partial charge < -0.3 is 15.7 Å². The second kappa shape index (κ2) is 5.85. The first-order valence-electron chi connectivity index (χ1n) is 8.38. The number of amides is 2. The Morgan fingerprint density at radius 3 is 2.00 bits per heavy atom. The van der Waals surface area contributed by atoms with Crippen molar-refractivity contribution in [3.8, 4) is 0 Å². The maximum atomic E-state index is 12.2. The van der Waals surface area contributed by atoms with Crippen molar-refractivity contribution in [2.24, 2.45) is 11.8 Å². The SMILES string of the molecule is O=C(NC1CCC(C(=O)O)CC1)NC12CCC(CC1)CC2. The van der Waals surface area contributed by atoms with Crippen molar-refractivity contribution < 1.29 is 14.7 Å². The van der Waals surface area contributed by atoms with Crippen LogP contribution < -0.4 is 10.6 Å². The Balaban J connectivity index is 1.45. The van der Waals surface area contributed by atoms with E-state index in [9.17, 15) is 9.59 Å². The lowest BCUT2D eigenvalue weighted by Crippen LogP contribution is -2.57. The van der Waals surface area contributed by atoms with E-state index in [2.05, 4.69) is 10.6 Å². The van der Waals surface area contributed by atoms with Crippen LogP contribution in [0.15, 0.2) is 0 Å². The van der Waals surface area contributed by atoms with E-state index < -0.39 is 5.97 Å². The minimum atomic E-state index is -0.698. The van der Waals surface area contributed by atoms with Gasteiger partial charge in [-0.2, -0.15) is 0 Å². The molecule has 0 spiro atoms. The summed E-state index contributed by atoms with van der Waals surface area (Å²) in [4.78, 5) is 23.2. The Morgan fingerprint density at radius 1 is 0.905 bits per heavy atom. The molecule has 0 aromatic heterocycles. The number of carbonyl (C=O) groups excluding carboxylic acids is 1. The Morgan fingerprint density at radius 2 is 1.48 bits per heavy atom. The van der Waals surface area contributed by atoms with Gasteiger partial charge in [0.1, 0.15) is 0 Å². The highest BCUT2D eigenvalue weighted by atomic mass is 16.4. The highest BCUT2D eigenvalue weighted by molar-refractivity contribution is 5.75. The van der Waals surface area contributed by atoms with E-state index in [1.54, 1.807) is 0 Å². The second-order valence-corrected chi connectivity index (χ2v) is 7.25. The van der Waals surface area contributed by atoms with Gasteiger partial charge in [-0.3, -0.25) is 4.79 Å². The minimum Gasteiger partial charge on any atom is -0.481 e. The molecule has 0 aromatic rings. The largest absolute Gasteiger partial charge is 0.481 e. The number of aliphatic carboxylic acids is 1. The summed E-state index contributed by atoms with van der Waals surface area (Å²) in [7, 11) is 0. The van der Waals surface area contributed by atoms with Crippen LogP contribution in [0.25, 0.3) is 0 Å². The average Bonchev–Trinajstić information content (AvgIpc) is 2.49. The van der Waals surface area contributed by atoms with Gasteiger partial charge in [-0.15, -0.1) is 0 Å². The Hall–Kier alpha value is -1.26. The molecule has 4 aliphatic rings. The van der Waals surface area contributed by atoms with Crippen molar-refractivity contribution >= 4 is 12.0 Å². The van der Waals surface area contributed by atoms with Gasteiger partial charge in [0.25, 0.3) is 0 Å². The molecule has 3 N–H and O–H groups in total. The van der Waals surface area contributed by atoms with Crippen LogP contribution in [0.4, 0.5) is 4.79 Å². The molecule has 21 heavy (non-hydrogen) atoms. The number of carbonyl (C=O) groups is 2. The highest BCUT2D eigenvalue weighted by Gasteiger charge is 2.41. The summed E-state index contributed by atoms with van der Waals surface area (Å²) in [6, 6.07) is 0.0889. The predicted octanol–water partition coefficient (Wildman–Crippen LogP) is 2.65. The third kappa shape index (κ3) is 3.33. The molecule has 0 radical (unpaired) electrons. The van der Waals surface area contributed by atoms with E-state index in [1.165, 1.54) is 19.3 Å². The van der Waals surface area contributed by atoms with Gasteiger partial charge in [0.2, 0.25) is 0 Å². The quantitative estimate of drug-likeness (QED) is 0.748. The molecular formula is C16H26N2O3.